The number of benzene rings is 1. The van der Waals surface area contributed by atoms with Crippen LogP contribution in [0.1, 0.15) is 36.0 Å². The fourth-order valence-corrected chi connectivity index (χ4v) is 2.50. The average Bonchev–Trinajstić information content (AvgIpc) is 2.41. The van der Waals surface area contributed by atoms with Crippen LogP contribution in [0.4, 0.5) is 0 Å². The number of hydrogen-bond donors (Lipinski definition) is 1. The topological polar surface area (TPSA) is 12.0 Å². The molecule has 1 N–H and O–H groups in total. The van der Waals surface area contributed by atoms with Crippen LogP contribution in [-0.2, 0) is 6.42 Å². The van der Waals surface area contributed by atoms with Crippen LogP contribution in [0.5, 0.6) is 0 Å². The Balaban J connectivity index is 2.46. The van der Waals surface area contributed by atoms with E-state index in [1.165, 1.54) is 23.1 Å². The Morgan fingerprint density at radius 3 is 3.00 bits per heavy atom. The van der Waals surface area contributed by atoms with E-state index in [1.807, 2.05) is 0 Å². The minimum atomic E-state index is 0.626. The molecular weight excluding hydrogens is 206 g/mol. The van der Waals surface area contributed by atoms with Crippen molar-refractivity contribution in [3.63, 3.8) is 0 Å². The zero-order valence-corrected chi connectivity index (χ0v) is 10.2. The number of aryl methyl sites for hydroxylation is 1. The van der Waals surface area contributed by atoms with Crippen molar-refractivity contribution in [2.75, 3.05) is 13.1 Å². The molecule has 0 saturated heterocycles. The van der Waals surface area contributed by atoms with Gasteiger partial charge in [-0.3, -0.25) is 0 Å². The molecule has 0 bridgehead atoms. The number of halogens is 1. The van der Waals surface area contributed by atoms with Gasteiger partial charge in [0.1, 0.15) is 0 Å². The Bertz CT molecular complexity index is 360. The highest BCUT2D eigenvalue weighted by molar-refractivity contribution is 6.31. The molecule has 1 aliphatic heterocycles. The summed E-state index contributed by atoms with van der Waals surface area (Å²) in [4.78, 5) is 0. The first kappa shape index (κ1) is 11.0. The molecule has 0 spiro atoms. The van der Waals surface area contributed by atoms with Crippen molar-refractivity contribution in [2.45, 2.75) is 32.6 Å². The molecule has 15 heavy (non-hydrogen) atoms. The van der Waals surface area contributed by atoms with Crippen LogP contribution < -0.4 is 5.32 Å². The molecule has 1 heterocycles. The number of rotatable bonds is 1. The van der Waals surface area contributed by atoms with Crippen molar-refractivity contribution >= 4 is 11.6 Å². The zero-order chi connectivity index (χ0) is 10.8. The summed E-state index contributed by atoms with van der Waals surface area (Å²) in [5.74, 6) is 0.626. The smallest absolute Gasteiger partial charge is 0.0438 e. The van der Waals surface area contributed by atoms with Crippen LogP contribution in [0.15, 0.2) is 12.1 Å². The van der Waals surface area contributed by atoms with Gasteiger partial charge in [0.05, 0.1) is 0 Å². The summed E-state index contributed by atoms with van der Waals surface area (Å²) in [6, 6.07) is 4.43. The van der Waals surface area contributed by atoms with E-state index in [9.17, 15) is 0 Å². The van der Waals surface area contributed by atoms with E-state index in [2.05, 4.69) is 31.3 Å². The van der Waals surface area contributed by atoms with Gasteiger partial charge in [-0.2, -0.15) is 0 Å². The highest BCUT2D eigenvalue weighted by Crippen LogP contribution is 2.30. The van der Waals surface area contributed by atoms with Crippen LogP contribution >= 0.6 is 11.6 Å². The Kier molecular flexibility index (Phi) is 3.32. The van der Waals surface area contributed by atoms with Gasteiger partial charge in [-0.25, -0.2) is 0 Å². The first-order valence-corrected chi connectivity index (χ1v) is 6.09. The summed E-state index contributed by atoms with van der Waals surface area (Å²) >= 11 is 6.20. The Morgan fingerprint density at radius 2 is 2.27 bits per heavy atom. The van der Waals surface area contributed by atoms with Crippen molar-refractivity contribution in [1.29, 1.82) is 0 Å². The molecule has 0 saturated carbocycles. The van der Waals surface area contributed by atoms with Gasteiger partial charge in [0.15, 0.2) is 0 Å². The molecule has 1 aliphatic rings. The van der Waals surface area contributed by atoms with E-state index < -0.39 is 0 Å². The van der Waals surface area contributed by atoms with E-state index in [0.29, 0.717) is 5.92 Å². The highest BCUT2D eigenvalue weighted by Gasteiger charge is 2.17. The maximum absolute atomic E-state index is 6.20. The number of hydrogen-bond acceptors (Lipinski definition) is 1. The van der Waals surface area contributed by atoms with Gasteiger partial charge in [-0.1, -0.05) is 24.6 Å². The molecule has 1 nitrogen and oxygen atoms in total. The van der Waals surface area contributed by atoms with E-state index in [-0.39, 0.29) is 0 Å². The molecule has 1 unspecified atom stereocenters. The maximum atomic E-state index is 6.20. The highest BCUT2D eigenvalue weighted by atomic mass is 35.5. The minimum Gasteiger partial charge on any atom is -0.316 e. The normalized spacial score (nSPS) is 20.9. The summed E-state index contributed by atoms with van der Waals surface area (Å²) in [5.41, 5.74) is 4.14. The molecule has 1 atom stereocenters. The second kappa shape index (κ2) is 4.54. The molecule has 0 fully saturated rings. The molecule has 0 aliphatic carbocycles. The van der Waals surface area contributed by atoms with E-state index in [0.717, 1.165) is 24.5 Å². The Labute approximate surface area is 96.8 Å². The lowest BCUT2D eigenvalue weighted by atomic mass is 9.91. The standard InChI is InChI=1S/C13H18ClN/c1-3-10-8-15-5-4-11-6-9(2)13(14)7-12(10)11/h6-7,10,15H,3-5,8H2,1-2H3. The number of fused-ring (bicyclic) bond motifs is 1. The SMILES string of the molecule is CCC1CNCCc2cc(C)c(Cl)cc21. The zero-order valence-electron chi connectivity index (χ0n) is 9.44. The average molecular weight is 224 g/mol. The largest absolute Gasteiger partial charge is 0.316 e. The molecule has 1 aromatic carbocycles. The summed E-state index contributed by atoms with van der Waals surface area (Å²) < 4.78 is 0. The number of nitrogens with one attached hydrogen (secondary N) is 1. The molecule has 2 rings (SSSR count). The lowest BCUT2D eigenvalue weighted by Crippen LogP contribution is -2.19. The third-order valence-electron chi connectivity index (χ3n) is 3.31. The van der Waals surface area contributed by atoms with E-state index >= 15 is 0 Å². The predicted molar refractivity (Wildman–Crippen MR) is 65.8 cm³/mol. The van der Waals surface area contributed by atoms with Gasteiger partial charge < -0.3 is 5.32 Å². The van der Waals surface area contributed by atoms with Crippen molar-refractivity contribution < 1.29 is 0 Å². The second-order valence-corrected chi connectivity index (χ2v) is 4.77. The van der Waals surface area contributed by atoms with E-state index in [4.69, 9.17) is 11.6 Å². The third-order valence-corrected chi connectivity index (χ3v) is 3.72. The molecular formula is C13H18ClN. The fourth-order valence-electron chi connectivity index (χ4n) is 2.33. The quantitative estimate of drug-likeness (QED) is 0.771. The lowest BCUT2D eigenvalue weighted by molar-refractivity contribution is 0.595. The first-order chi connectivity index (χ1) is 7.22. The maximum Gasteiger partial charge on any atom is 0.0438 e. The summed E-state index contributed by atoms with van der Waals surface area (Å²) in [5, 5.41) is 4.40. The molecule has 0 radical (unpaired) electrons. The monoisotopic (exact) mass is 223 g/mol. The summed E-state index contributed by atoms with van der Waals surface area (Å²) in [6.07, 6.45) is 2.31. The van der Waals surface area contributed by atoms with Crippen LogP contribution in [0.25, 0.3) is 0 Å². The van der Waals surface area contributed by atoms with Gasteiger partial charge in [0.25, 0.3) is 0 Å². The van der Waals surface area contributed by atoms with Crippen molar-refractivity contribution in [3.05, 3.63) is 33.8 Å². The van der Waals surface area contributed by atoms with Crippen molar-refractivity contribution in [2.24, 2.45) is 0 Å². The second-order valence-electron chi connectivity index (χ2n) is 4.36. The summed E-state index contributed by atoms with van der Waals surface area (Å²) in [6.45, 7) is 6.50. The van der Waals surface area contributed by atoms with Crippen molar-refractivity contribution in [1.82, 2.24) is 5.32 Å². The Hall–Kier alpha value is -0.530. The fraction of sp³-hybridized carbons (Fsp3) is 0.538. The first-order valence-electron chi connectivity index (χ1n) is 5.72. The molecule has 2 heteroatoms. The van der Waals surface area contributed by atoms with Crippen LogP contribution in [-0.4, -0.2) is 13.1 Å². The van der Waals surface area contributed by atoms with Crippen molar-refractivity contribution in [3.8, 4) is 0 Å². The molecule has 82 valence electrons. The van der Waals surface area contributed by atoms with Crippen LogP contribution in [0.2, 0.25) is 5.02 Å². The molecule has 0 aromatic heterocycles. The minimum absolute atomic E-state index is 0.626. The van der Waals surface area contributed by atoms with Gasteiger partial charge in [0.2, 0.25) is 0 Å². The van der Waals surface area contributed by atoms with Gasteiger partial charge in [-0.15, -0.1) is 0 Å². The predicted octanol–water partition coefficient (Wildman–Crippen LogP) is 3.29. The summed E-state index contributed by atoms with van der Waals surface area (Å²) in [7, 11) is 0. The van der Waals surface area contributed by atoms with Gasteiger partial charge in [0, 0.05) is 11.6 Å². The molecule has 0 amide bonds. The van der Waals surface area contributed by atoms with Gasteiger partial charge >= 0.3 is 0 Å². The third kappa shape index (κ3) is 2.19. The lowest BCUT2D eigenvalue weighted by Gasteiger charge is -2.16. The van der Waals surface area contributed by atoms with E-state index in [1.54, 1.807) is 0 Å². The Morgan fingerprint density at radius 1 is 1.47 bits per heavy atom. The van der Waals surface area contributed by atoms with Crippen LogP contribution in [0, 0.1) is 6.92 Å². The molecule has 1 aromatic rings. The van der Waals surface area contributed by atoms with Gasteiger partial charge in [-0.05, 0) is 55.0 Å². The van der Waals surface area contributed by atoms with Crippen LogP contribution in [0.3, 0.4) is 0 Å².